The molecule has 2 aromatic rings. The number of fused-ring (bicyclic) bond motifs is 3. The van der Waals surface area contributed by atoms with Gasteiger partial charge in [0, 0.05) is 30.7 Å². The van der Waals surface area contributed by atoms with Gasteiger partial charge < -0.3 is 10.0 Å². The van der Waals surface area contributed by atoms with E-state index < -0.39 is 5.97 Å². The minimum Gasteiger partial charge on any atom is -0.481 e. The third-order valence-corrected chi connectivity index (χ3v) is 7.93. The Hall–Kier alpha value is -2.64. The molecule has 2 fully saturated rings. The lowest BCUT2D eigenvalue weighted by molar-refractivity contribution is -0.137. The number of benzene rings is 2. The van der Waals surface area contributed by atoms with Gasteiger partial charge in [-0.2, -0.15) is 0 Å². The average Bonchev–Trinajstić information content (AvgIpc) is 3.43. The minimum absolute atomic E-state index is 0.111. The number of thioether (sulfide) groups is 1. The molecule has 2 heterocycles. The Balaban J connectivity index is 1.40. The molecule has 1 amide bonds. The summed E-state index contributed by atoms with van der Waals surface area (Å²) in [6, 6.07) is 17.6. The van der Waals surface area contributed by atoms with Crippen LogP contribution in [-0.2, 0) is 16.1 Å². The number of carboxylic acids is 1. The third kappa shape index (κ3) is 3.95. The monoisotopic (exact) mass is 464 g/mol. The van der Waals surface area contributed by atoms with Crippen molar-refractivity contribution in [2.45, 2.75) is 44.2 Å². The predicted octanol–water partition coefficient (Wildman–Crippen LogP) is 5.02. The summed E-state index contributed by atoms with van der Waals surface area (Å²) in [5, 5.41) is 8.92. The fraction of sp³-hybridized carbons (Fsp3) is 0.320. The summed E-state index contributed by atoms with van der Waals surface area (Å²) in [5.41, 5.74) is 4.99. The molecule has 0 bridgehead atoms. The second kappa shape index (κ2) is 8.71. The van der Waals surface area contributed by atoms with Crippen LogP contribution in [0.1, 0.15) is 48.3 Å². The van der Waals surface area contributed by atoms with E-state index in [1.807, 2.05) is 6.08 Å². The van der Waals surface area contributed by atoms with Gasteiger partial charge in [-0.15, -0.1) is 0 Å². The fourth-order valence-corrected chi connectivity index (χ4v) is 6.42. The molecule has 7 heteroatoms. The second-order valence-corrected chi connectivity index (χ2v) is 10.2. The van der Waals surface area contributed by atoms with E-state index in [9.17, 15) is 9.59 Å². The third-order valence-electron chi connectivity index (χ3n) is 6.56. The van der Waals surface area contributed by atoms with Crippen molar-refractivity contribution in [1.82, 2.24) is 4.90 Å². The van der Waals surface area contributed by atoms with E-state index in [1.165, 1.54) is 52.7 Å². The zero-order chi connectivity index (χ0) is 22.2. The molecule has 0 radical (unpaired) electrons. The number of hydrogen-bond donors (Lipinski definition) is 1. The lowest BCUT2D eigenvalue weighted by Crippen LogP contribution is -2.30. The molecule has 3 aliphatic rings. The molecule has 164 valence electrons. The Morgan fingerprint density at radius 1 is 1.19 bits per heavy atom. The van der Waals surface area contributed by atoms with Crippen LogP contribution in [0.3, 0.4) is 0 Å². The first kappa shape index (κ1) is 21.2. The number of amides is 1. The lowest BCUT2D eigenvalue weighted by Gasteiger charge is -2.27. The van der Waals surface area contributed by atoms with E-state index in [-0.39, 0.29) is 18.9 Å². The zero-order valence-electron chi connectivity index (χ0n) is 17.6. The van der Waals surface area contributed by atoms with Gasteiger partial charge >= 0.3 is 5.97 Å². The summed E-state index contributed by atoms with van der Waals surface area (Å²) in [7, 11) is 0. The fourth-order valence-electron chi connectivity index (χ4n) is 5.11. The summed E-state index contributed by atoms with van der Waals surface area (Å²) in [6.45, 7) is 1.02. The maximum Gasteiger partial charge on any atom is 0.305 e. The number of carboxylic acid groups (broad SMARTS) is 1. The SMILES string of the molecule is O=C(O)CCN1C(=O)C(=Cc2ccc3c(c2)C2CCCC2N3Cc2ccccc2)SC1=S. The van der Waals surface area contributed by atoms with Crippen LogP contribution in [0.2, 0.25) is 0 Å². The van der Waals surface area contributed by atoms with Crippen LogP contribution in [0.15, 0.2) is 53.4 Å². The van der Waals surface area contributed by atoms with E-state index in [2.05, 4.69) is 53.4 Å². The van der Waals surface area contributed by atoms with Crippen molar-refractivity contribution >= 4 is 51.9 Å². The normalized spacial score (nSPS) is 23.2. The molecule has 5 nitrogen and oxygen atoms in total. The quantitative estimate of drug-likeness (QED) is 0.479. The number of anilines is 1. The van der Waals surface area contributed by atoms with Gasteiger partial charge in [-0.05, 0) is 47.7 Å². The Bertz CT molecular complexity index is 1120. The van der Waals surface area contributed by atoms with Gasteiger partial charge in [-0.3, -0.25) is 14.5 Å². The van der Waals surface area contributed by atoms with Crippen LogP contribution < -0.4 is 4.90 Å². The Kier molecular flexibility index (Phi) is 5.78. The van der Waals surface area contributed by atoms with Crippen LogP contribution in [0.4, 0.5) is 5.69 Å². The number of nitrogens with zero attached hydrogens (tertiary/aromatic N) is 2. The van der Waals surface area contributed by atoms with Gasteiger partial charge in [-0.25, -0.2) is 0 Å². The van der Waals surface area contributed by atoms with Crippen LogP contribution in [0, 0.1) is 0 Å². The highest BCUT2D eigenvalue weighted by Gasteiger charge is 2.41. The van der Waals surface area contributed by atoms with Gasteiger partial charge in [0.15, 0.2) is 0 Å². The van der Waals surface area contributed by atoms with Gasteiger partial charge in [0.2, 0.25) is 0 Å². The van der Waals surface area contributed by atoms with Gasteiger partial charge in [0.05, 0.1) is 11.3 Å². The molecule has 2 atom stereocenters. The summed E-state index contributed by atoms with van der Waals surface area (Å²) in [6.07, 6.45) is 5.43. The Labute approximate surface area is 197 Å². The van der Waals surface area contributed by atoms with E-state index in [4.69, 9.17) is 17.3 Å². The number of thiocarbonyl (C=S) groups is 1. The van der Waals surface area contributed by atoms with Crippen molar-refractivity contribution in [3.05, 3.63) is 70.1 Å². The maximum atomic E-state index is 12.8. The molecule has 1 N–H and O–H groups in total. The smallest absolute Gasteiger partial charge is 0.305 e. The minimum atomic E-state index is -0.937. The van der Waals surface area contributed by atoms with Crippen molar-refractivity contribution in [3.8, 4) is 0 Å². The second-order valence-electron chi connectivity index (χ2n) is 8.51. The zero-order valence-corrected chi connectivity index (χ0v) is 19.2. The predicted molar refractivity (Wildman–Crippen MR) is 132 cm³/mol. The van der Waals surface area contributed by atoms with Crippen LogP contribution in [0.25, 0.3) is 6.08 Å². The van der Waals surface area contributed by atoms with E-state index in [0.29, 0.717) is 21.2 Å². The number of aliphatic carboxylic acids is 1. The first-order valence-electron chi connectivity index (χ1n) is 10.9. The Morgan fingerprint density at radius 3 is 2.78 bits per heavy atom. The molecule has 1 saturated heterocycles. The highest BCUT2D eigenvalue weighted by atomic mass is 32.2. The first-order chi connectivity index (χ1) is 15.5. The number of carbonyl (C=O) groups excluding carboxylic acids is 1. The van der Waals surface area contributed by atoms with Gasteiger partial charge in [0.25, 0.3) is 5.91 Å². The molecule has 2 aromatic carbocycles. The Morgan fingerprint density at radius 2 is 2.00 bits per heavy atom. The summed E-state index contributed by atoms with van der Waals surface area (Å²) >= 11 is 6.56. The molecular weight excluding hydrogens is 440 g/mol. The van der Waals surface area contributed by atoms with Crippen LogP contribution >= 0.6 is 24.0 Å². The number of hydrogen-bond acceptors (Lipinski definition) is 5. The van der Waals surface area contributed by atoms with Crippen molar-refractivity contribution in [1.29, 1.82) is 0 Å². The molecule has 1 saturated carbocycles. The van der Waals surface area contributed by atoms with Crippen LogP contribution in [0.5, 0.6) is 0 Å². The van der Waals surface area contributed by atoms with Crippen molar-refractivity contribution in [2.75, 3.05) is 11.4 Å². The van der Waals surface area contributed by atoms with E-state index >= 15 is 0 Å². The number of carbonyl (C=O) groups is 2. The van der Waals surface area contributed by atoms with Crippen molar-refractivity contribution in [2.24, 2.45) is 0 Å². The lowest BCUT2D eigenvalue weighted by atomic mass is 9.96. The van der Waals surface area contributed by atoms with Gasteiger partial charge in [-0.1, -0.05) is 66.8 Å². The van der Waals surface area contributed by atoms with Gasteiger partial charge in [0.1, 0.15) is 4.32 Å². The largest absolute Gasteiger partial charge is 0.481 e. The highest BCUT2D eigenvalue weighted by molar-refractivity contribution is 8.26. The molecule has 2 unspecified atom stereocenters. The summed E-state index contributed by atoms with van der Waals surface area (Å²) in [5.74, 6) is -0.605. The topological polar surface area (TPSA) is 60.9 Å². The molecule has 0 aromatic heterocycles. The standard InChI is InChI=1S/C25H24N2O3S2/c28-23(29)11-12-26-24(30)22(32-25(26)31)14-17-9-10-21-19(13-17)18-7-4-8-20(18)27(21)15-16-5-2-1-3-6-16/h1-3,5-6,9-10,13-14,18,20H,4,7-8,11-12,15H2,(H,28,29). The van der Waals surface area contributed by atoms with Crippen molar-refractivity contribution in [3.63, 3.8) is 0 Å². The number of rotatable bonds is 6. The van der Waals surface area contributed by atoms with E-state index in [1.54, 1.807) is 0 Å². The van der Waals surface area contributed by atoms with Crippen LogP contribution in [-0.4, -0.2) is 38.8 Å². The molecule has 1 aliphatic carbocycles. The van der Waals surface area contributed by atoms with Crippen molar-refractivity contribution < 1.29 is 14.7 Å². The summed E-state index contributed by atoms with van der Waals surface area (Å²) < 4.78 is 0.425. The maximum absolute atomic E-state index is 12.8. The molecule has 32 heavy (non-hydrogen) atoms. The molecule has 5 rings (SSSR count). The average molecular weight is 465 g/mol. The molecule has 2 aliphatic heterocycles. The van der Waals surface area contributed by atoms with E-state index in [0.717, 1.165) is 12.1 Å². The summed E-state index contributed by atoms with van der Waals surface area (Å²) in [4.78, 5) is 28.1. The molecular formula is C25H24N2O3S2. The molecule has 0 spiro atoms. The highest BCUT2D eigenvalue weighted by Crippen LogP contribution is 2.50. The first-order valence-corrected chi connectivity index (χ1v) is 12.2.